The van der Waals surface area contributed by atoms with Crippen LogP contribution >= 0.6 is 11.3 Å². The standard InChI is InChI=1S/C27H16N2S/c1-4-10-24-18(7-1)19-8-2-5-11-25(19)29(24)17-13-14-21-23(15-17)28-16-22-20-9-3-6-12-26(20)30-27(21)22/h1-16H. The Hall–Kier alpha value is -3.69. The van der Waals surface area contributed by atoms with Crippen molar-refractivity contribution >= 4 is 64.2 Å². The van der Waals surface area contributed by atoms with E-state index in [1.807, 2.05) is 17.5 Å². The summed E-state index contributed by atoms with van der Waals surface area (Å²) in [5, 5.41) is 6.31. The molecule has 0 aliphatic heterocycles. The molecular weight excluding hydrogens is 384 g/mol. The number of fused-ring (bicyclic) bond motifs is 8. The number of hydrogen-bond donors (Lipinski definition) is 0. The number of para-hydroxylation sites is 2. The molecule has 3 heterocycles. The maximum Gasteiger partial charge on any atom is 0.0737 e. The molecule has 0 radical (unpaired) electrons. The molecule has 3 aromatic heterocycles. The summed E-state index contributed by atoms with van der Waals surface area (Å²) in [4.78, 5) is 4.86. The van der Waals surface area contributed by atoms with Crippen molar-refractivity contribution in [3.63, 3.8) is 0 Å². The first-order chi connectivity index (χ1) is 14.9. The van der Waals surface area contributed by atoms with E-state index < -0.39 is 0 Å². The van der Waals surface area contributed by atoms with Crippen molar-refractivity contribution in [3.05, 3.63) is 97.2 Å². The van der Waals surface area contributed by atoms with Crippen LogP contribution in [0.5, 0.6) is 0 Å². The third-order valence-electron chi connectivity index (χ3n) is 6.03. The Morgan fingerprint density at radius 2 is 1.27 bits per heavy atom. The van der Waals surface area contributed by atoms with E-state index in [1.165, 1.54) is 47.4 Å². The lowest BCUT2D eigenvalue weighted by molar-refractivity contribution is 1.18. The van der Waals surface area contributed by atoms with E-state index in [9.17, 15) is 0 Å². The van der Waals surface area contributed by atoms with Gasteiger partial charge in [-0.05, 0) is 36.4 Å². The zero-order valence-electron chi connectivity index (χ0n) is 16.0. The van der Waals surface area contributed by atoms with Crippen LogP contribution in [0.2, 0.25) is 0 Å². The summed E-state index contributed by atoms with van der Waals surface area (Å²) in [5.74, 6) is 0. The van der Waals surface area contributed by atoms with Crippen molar-refractivity contribution in [2.75, 3.05) is 0 Å². The second-order valence-electron chi connectivity index (χ2n) is 7.67. The summed E-state index contributed by atoms with van der Waals surface area (Å²) in [5.41, 5.74) is 4.63. The SMILES string of the molecule is c1ccc2c(c1)sc1c3ccc(-n4c5ccccc5c5ccccc54)cc3ncc21. The van der Waals surface area contributed by atoms with Crippen LogP contribution in [0.3, 0.4) is 0 Å². The average Bonchev–Trinajstić information content (AvgIpc) is 3.35. The van der Waals surface area contributed by atoms with Gasteiger partial charge in [0.1, 0.15) is 0 Å². The maximum absolute atomic E-state index is 4.86. The fraction of sp³-hybridized carbons (Fsp3) is 0. The first-order valence-corrected chi connectivity index (χ1v) is 10.9. The van der Waals surface area contributed by atoms with Crippen LogP contribution in [0.15, 0.2) is 97.2 Å². The van der Waals surface area contributed by atoms with Crippen molar-refractivity contribution in [1.82, 2.24) is 9.55 Å². The van der Waals surface area contributed by atoms with Gasteiger partial charge in [-0.25, -0.2) is 0 Å². The fourth-order valence-corrected chi connectivity index (χ4v) is 5.90. The fourth-order valence-electron chi connectivity index (χ4n) is 4.69. The minimum atomic E-state index is 1.04. The van der Waals surface area contributed by atoms with Gasteiger partial charge in [-0.2, -0.15) is 0 Å². The smallest absolute Gasteiger partial charge is 0.0737 e. The molecule has 0 fully saturated rings. The van der Waals surface area contributed by atoms with Crippen LogP contribution in [-0.2, 0) is 0 Å². The van der Waals surface area contributed by atoms with E-state index in [1.54, 1.807) is 0 Å². The summed E-state index contributed by atoms with van der Waals surface area (Å²) < 4.78 is 4.98. The molecule has 0 saturated carbocycles. The highest BCUT2D eigenvalue weighted by Crippen LogP contribution is 2.38. The van der Waals surface area contributed by atoms with Gasteiger partial charge >= 0.3 is 0 Å². The van der Waals surface area contributed by atoms with Crippen molar-refractivity contribution in [3.8, 4) is 5.69 Å². The number of hydrogen-bond acceptors (Lipinski definition) is 2. The molecule has 0 N–H and O–H groups in total. The molecule has 0 saturated heterocycles. The molecule has 0 bridgehead atoms. The molecule has 3 heteroatoms. The zero-order chi connectivity index (χ0) is 19.7. The Labute approximate surface area is 176 Å². The molecule has 0 aliphatic carbocycles. The molecule has 7 aromatic rings. The Kier molecular flexibility index (Phi) is 3.18. The largest absolute Gasteiger partial charge is 0.309 e. The summed E-state index contributed by atoms with van der Waals surface area (Å²) in [6.07, 6.45) is 2.03. The molecule has 30 heavy (non-hydrogen) atoms. The minimum absolute atomic E-state index is 1.04. The molecule has 0 atom stereocenters. The first kappa shape index (κ1) is 16.1. The van der Waals surface area contributed by atoms with Gasteiger partial charge in [-0.15, -0.1) is 11.3 Å². The van der Waals surface area contributed by atoms with Crippen LogP contribution < -0.4 is 0 Å². The van der Waals surface area contributed by atoms with Crippen LogP contribution in [0, 0.1) is 0 Å². The number of rotatable bonds is 1. The van der Waals surface area contributed by atoms with Crippen LogP contribution in [0.1, 0.15) is 0 Å². The topological polar surface area (TPSA) is 17.8 Å². The molecule has 4 aromatic carbocycles. The van der Waals surface area contributed by atoms with Gasteiger partial charge in [0.25, 0.3) is 0 Å². The van der Waals surface area contributed by atoms with Crippen LogP contribution in [0.4, 0.5) is 0 Å². The highest BCUT2D eigenvalue weighted by Gasteiger charge is 2.13. The third-order valence-corrected chi connectivity index (χ3v) is 7.25. The maximum atomic E-state index is 4.86. The van der Waals surface area contributed by atoms with E-state index in [-0.39, 0.29) is 0 Å². The molecule has 140 valence electrons. The Morgan fingerprint density at radius 1 is 0.600 bits per heavy atom. The quantitative estimate of drug-likeness (QED) is 0.276. The van der Waals surface area contributed by atoms with Crippen molar-refractivity contribution in [1.29, 1.82) is 0 Å². The number of thiophene rings is 1. The minimum Gasteiger partial charge on any atom is -0.309 e. The molecule has 0 amide bonds. The lowest BCUT2D eigenvalue weighted by Crippen LogP contribution is -1.94. The molecule has 7 rings (SSSR count). The van der Waals surface area contributed by atoms with Crippen LogP contribution in [-0.4, -0.2) is 9.55 Å². The van der Waals surface area contributed by atoms with Crippen molar-refractivity contribution < 1.29 is 0 Å². The number of nitrogens with zero attached hydrogens (tertiary/aromatic N) is 2. The van der Waals surface area contributed by atoms with E-state index in [4.69, 9.17) is 4.98 Å². The second kappa shape index (κ2) is 5.91. The van der Waals surface area contributed by atoms with Gasteiger partial charge in [0, 0.05) is 48.2 Å². The lowest BCUT2D eigenvalue weighted by atomic mass is 10.1. The van der Waals surface area contributed by atoms with Crippen molar-refractivity contribution in [2.24, 2.45) is 0 Å². The number of aromatic nitrogens is 2. The molecular formula is C27H16N2S. The molecule has 0 spiro atoms. The second-order valence-corrected chi connectivity index (χ2v) is 8.72. The van der Waals surface area contributed by atoms with Crippen LogP contribution in [0.25, 0.3) is 58.6 Å². The molecule has 2 nitrogen and oxygen atoms in total. The lowest BCUT2D eigenvalue weighted by Gasteiger charge is -2.09. The van der Waals surface area contributed by atoms with Gasteiger partial charge in [-0.1, -0.05) is 54.6 Å². The summed E-state index contributed by atoms with van der Waals surface area (Å²) in [6.45, 7) is 0. The highest BCUT2D eigenvalue weighted by molar-refractivity contribution is 7.26. The predicted octanol–water partition coefficient (Wildman–Crippen LogP) is 7.70. The van der Waals surface area contributed by atoms with E-state index in [0.717, 1.165) is 11.2 Å². The predicted molar refractivity (Wildman–Crippen MR) is 129 cm³/mol. The highest BCUT2D eigenvalue weighted by atomic mass is 32.1. The number of benzene rings is 4. The zero-order valence-corrected chi connectivity index (χ0v) is 16.9. The van der Waals surface area contributed by atoms with Crippen molar-refractivity contribution in [2.45, 2.75) is 0 Å². The Bertz CT molecular complexity index is 1700. The first-order valence-electron chi connectivity index (χ1n) is 10.1. The Morgan fingerprint density at radius 3 is 2.03 bits per heavy atom. The summed E-state index contributed by atoms with van der Waals surface area (Å²) in [6, 6.07) is 32.5. The Balaban J connectivity index is 1.56. The third kappa shape index (κ3) is 2.10. The molecule has 0 unspecified atom stereocenters. The monoisotopic (exact) mass is 400 g/mol. The summed E-state index contributed by atoms with van der Waals surface area (Å²) in [7, 11) is 0. The normalized spacial score (nSPS) is 12.0. The van der Waals surface area contributed by atoms with Gasteiger partial charge in [0.15, 0.2) is 0 Å². The van der Waals surface area contributed by atoms with Gasteiger partial charge in [-0.3, -0.25) is 4.98 Å². The van der Waals surface area contributed by atoms with Gasteiger partial charge < -0.3 is 4.57 Å². The number of pyridine rings is 1. The summed E-state index contributed by atoms with van der Waals surface area (Å²) >= 11 is 1.85. The average molecular weight is 401 g/mol. The van der Waals surface area contributed by atoms with Gasteiger partial charge in [0.2, 0.25) is 0 Å². The van der Waals surface area contributed by atoms with E-state index in [0.29, 0.717) is 0 Å². The van der Waals surface area contributed by atoms with E-state index >= 15 is 0 Å². The van der Waals surface area contributed by atoms with Gasteiger partial charge in [0.05, 0.1) is 16.6 Å². The molecule has 0 aliphatic rings. The van der Waals surface area contributed by atoms with E-state index in [2.05, 4.69) is 95.6 Å².